The Morgan fingerprint density at radius 1 is 1.04 bits per heavy atom. The van der Waals surface area contributed by atoms with Crippen LogP contribution < -0.4 is 16.0 Å². The van der Waals surface area contributed by atoms with Crippen molar-refractivity contribution in [2.24, 2.45) is 0 Å². The van der Waals surface area contributed by atoms with Gasteiger partial charge in [-0.2, -0.15) is 0 Å². The third kappa shape index (κ3) is 5.16. The normalized spacial score (nSPS) is 19.7. The van der Waals surface area contributed by atoms with E-state index in [1.54, 1.807) is 6.33 Å². The van der Waals surface area contributed by atoms with E-state index in [9.17, 15) is 0 Å². The molecule has 26 heavy (non-hydrogen) atoms. The standard InChI is InChI=1S/C17H31N7O2/c18-15-16(19-2-1-3-22-9-12-26-13-10-22)20-14-21-17(15)24-6-4-23(5-7-24)8-11-25/h14,25H,1-13,18H2,(H,19,20,21). The molecular weight excluding hydrogens is 334 g/mol. The number of hydrogen-bond acceptors (Lipinski definition) is 9. The zero-order chi connectivity index (χ0) is 18.2. The highest BCUT2D eigenvalue weighted by molar-refractivity contribution is 5.74. The lowest BCUT2D eigenvalue weighted by molar-refractivity contribution is 0.0378. The SMILES string of the molecule is Nc1c(NCCCN2CCOCC2)ncnc1N1CCN(CCO)CC1. The van der Waals surface area contributed by atoms with Crippen molar-refractivity contribution in [2.75, 3.05) is 94.7 Å². The van der Waals surface area contributed by atoms with Gasteiger partial charge in [0.05, 0.1) is 19.8 Å². The number of aliphatic hydroxyl groups is 1. The molecule has 1 aromatic rings. The van der Waals surface area contributed by atoms with Crippen LogP contribution in [-0.4, -0.2) is 104 Å². The van der Waals surface area contributed by atoms with Crippen LogP contribution in [0, 0.1) is 0 Å². The second kappa shape index (κ2) is 9.86. The third-order valence-electron chi connectivity index (χ3n) is 5.00. The van der Waals surface area contributed by atoms with Gasteiger partial charge < -0.3 is 25.8 Å². The number of β-amino-alcohol motifs (C(OH)–C–C–N with tert-alkyl or cyclic N) is 1. The van der Waals surface area contributed by atoms with Crippen molar-refractivity contribution in [3.05, 3.63) is 6.33 Å². The third-order valence-corrected chi connectivity index (χ3v) is 5.00. The van der Waals surface area contributed by atoms with E-state index in [4.69, 9.17) is 15.6 Å². The van der Waals surface area contributed by atoms with Crippen LogP contribution in [0.3, 0.4) is 0 Å². The number of aliphatic hydroxyl groups excluding tert-OH is 1. The molecule has 0 amide bonds. The molecule has 2 fully saturated rings. The van der Waals surface area contributed by atoms with E-state index in [2.05, 4.69) is 30.0 Å². The van der Waals surface area contributed by atoms with Gasteiger partial charge in [0.25, 0.3) is 0 Å². The summed E-state index contributed by atoms with van der Waals surface area (Å²) in [5, 5.41) is 12.4. The zero-order valence-corrected chi connectivity index (χ0v) is 15.4. The number of piperazine rings is 1. The van der Waals surface area contributed by atoms with Gasteiger partial charge >= 0.3 is 0 Å². The minimum absolute atomic E-state index is 0.203. The van der Waals surface area contributed by atoms with Crippen molar-refractivity contribution in [2.45, 2.75) is 6.42 Å². The van der Waals surface area contributed by atoms with Gasteiger partial charge in [0.2, 0.25) is 0 Å². The Morgan fingerprint density at radius 3 is 2.50 bits per heavy atom. The molecule has 0 bridgehead atoms. The van der Waals surface area contributed by atoms with Gasteiger partial charge in [0.1, 0.15) is 12.0 Å². The van der Waals surface area contributed by atoms with E-state index < -0.39 is 0 Å². The molecule has 3 heterocycles. The summed E-state index contributed by atoms with van der Waals surface area (Å²) in [4.78, 5) is 15.6. The molecule has 9 nitrogen and oxygen atoms in total. The first-order valence-corrected chi connectivity index (χ1v) is 9.50. The van der Waals surface area contributed by atoms with E-state index in [-0.39, 0.29) is 6.61 Å². The monoisotopic (exact) mass is 365 g/mol. The first-order chi connectivity index (χ1) is 12.8. The number of nitrogen functional groups attached to an aromatic ring is 1. The van der Waals surface area contributed by atoms with E-state index in [1.807, 2.05) is 0 Å². The highest BCUT2D eigenvalue weighted by Crippen LogP contribution is 2.26. The summed E-state index contributed by atoms with van der Waals surface area (Å²) in [5.74, 6) is 1.52. The lowest BCUT2D eigenvalue weighted by Crippen LogP contribution is -2.47. The maximum Gasteiger partial charge on any atom is 0.157 e. The molecule has 0 saturated carbocycles. The molecule has 0 radical (unpaired) electrons. The number of morpholine rings is 1. The highest BCUT2D eigenvalue weighted by Gasteiger charge is 2.20. The molecule has 4 N–H and O–H groups in total. The number of rotatable bonds is 8. The summed E-state index contributed by atoms with van der Waals surface area (Å²) in [6.07, 6.45) is 2.62. The van der Waals surface area contributed by atoms with Crippen molar-refractivity contribution in [1.82, 2.24) is 19.8 Å². The summed E-state index contributed by atoms with van der Waals surface area (Å²) in [7, 11) is 0. The van der Waals surface area contributed by atoms with Crippen LogP contribution in [0.4, 0.5) is 17.3 Å². The molecule has 146 valence electrons. The number of nitrogens with zero attached hydrogens (tertiary/aromatic N) is 5. The molecular formula is C17H31N7O2. The summed E-state index contributed by atoms with van der Waals surface area (Å²) >= 11 is 0. The molecule has 2 aliphatic heterocycles. The Balaban J connectivity index is 1.47. The minimum Gasteiger partial charge on any atom is -0.395 e. The quantitative estimate of drug-likeness (QED) is 0.516. The maximum absolute atomic E-state index is 9.05. The number of ether oxygens (including phenoxy) is 1. The molecule has 0 spiro atoms. The van der Waals surface area contributed by atoms with Crippen LogP contribution in [0.2, 0.25) is 0 Å². The average Bonchev–Trinajstić information content (AvgIpc) is 2.68. The van der Waals surface area contributed by atoms with E-state index in [0.717, 1.165) is 90.2 Å². The fraction of sp³-hybridized carbons (Fsp3) is 0.765. The van der Waals surface area contributed by atoms with Crippen LogP contribution >= 0.6 is 0 Å². The van der Waals surface area contributed by atoms with Crippen LogP contribution in [0.1, 0.15) is 6.42 Å². The van der Waals surface area contributed by atoms with Crippen LogP contribution in [-0.2, 0) is 4.74 Å². The highest BCUT2D eigenvalue weighted by atomic mass is 16.5. The van der Waals surface area contributed by atoms with Gasteiger partial charge in [-0.1, -0.05) is 0 Å². The second-order valence-corrected chi connectivity index (χ2v) is 6.75. The summed E-state index contributed by atoms with van der Waals surface area (Å²) in [5.41, 5.74) is 6.94. The van der Waals surface area contributed by atoms with Gasteiger partial charge in [-0.05, 0) is 13.0 Å². The predicted molar refractivity (Wildman–Crippen MR) is 103 cm³/mol. The predicted octanol–water partition coefficient (Wildman–Crippen LogP) is -0.693. The first kappa shape index (κ1) is 19.1. The fourth-order valence-corrected chi connectivity index (χ4v) is 3.44. The Morgan fingerprint density at radius 2 is 1.77 bits per heavy atom. The van der Waals surface area contributed by atoms with Crippen molar-refractivity contribution < 1.29 is 9.84 Å². The topological polar surface area (TPSA) is 103 Å². The Hall–Kier alpha value is -1.68. The van der Waals surface area contributed by atoms with Crippen molar-refractivity contribution in [1.29, 1.82) is 0 Å². The number of nitrogens with one attached hydrogen (secondary N) is 1. The van der Waals surface area contributed by atoms with Gasteiger partial charge in [-0.25, -0.2) is 9.97 Å². The minimum atomic E-state index is 0.203. The van der Waals surface area contributed by atoms with Gasteiger partial charge in [0, 0.05) is 52.4 Å². The number of aromatic nitrogens is 2. The summed E-state index contributed by atoms with van der Waals surface area (Å²) in [6, 6.07) is 0. The first-order valence-electron chi connectivity index (χ1n) is 9.50. The smallest absolute Gasteiger partial charge is 0.157 e. The van der Waals surface area contributed by atoms with Gasteiger partial charge in [-0.3, -0.25) is 9.80 Å². The second-order valence-electron chi connectivity index (χ2n) is 6.75. The average molecular weight is 365 g/mol. The van der Waals surface area contributed by atoms with Crippen molar-refractivity contribution in [3.63, 3.8) is 0 Å². The van der Waals surface area contributed by atoms with Crippen molar-refractivity contribution in [3.8, 4) is 0 Å². The molecule has 9 heteroatoms. The zero-order valence-electron chi connectivity index (χ0n) is 15.4. The number of hydrogen-bond donors (Lipinski definition) is 3. The maximum atomic E-state index is 9.05. The van der Waals surface area contributed by atoms with E-state index in [0.29, 0.717) is 5.69 Å². The molecule has 0 unspecified atom stereocenters. The molecule has 0 aromatic carbocycles. The lowest BCUT2D eigenvalue weighted by atomic mass is 10.3. The van der Waals surface area contributed by atoms with E-state index >= 15 is 0 Å². The Kier molecular flexibility index (Phi) is 7.24. The van der Waals surface area contributed by atoms with Gasteiger partial charge in [0.15, 0.2) is 11.6 Å². The lowest BCUT2D eigenvalue weighted by Gasteiger charge is -2.35. The van der Waals surface area contributed by atoms with Crippen molar-refractivity contribution >= 4 is 17.3 Å². The number of anilines is 3. The fourth-order valence-electron chi connectivity index (χ4n) is 3.44. The largest absolute Gasteiger partial charge is 0.395 e. The van der Waals surface area contributed by atoms with Gasteiger partial charge in [-0.15, -0.1) is 0 Å². The Bertz CT molecular complexity index is 546. The molecule has 2 saturated heterocycles. The molecule has 0 atom stereocenters. The van der Waals surface area contributed by atoms with Crippen LogP contribution in [0.5, 0.6) is 0 Å². The van der Waals surface area contributed by atoms with Crippen LogP contribution in [0.15, 0.2) is 6.33 Å². The summed E-state index contributed by atoms with van der Waals surface area (Å²) < 4.78 is 5.37. The van der Waals surface area contributed by atoms with E-state index in [1.165, 1.54) is 0 Å². The summed E-state index contributed by atoms with van der Waals surface area (Å²) in [6.45, 7) is 10.1. The molecule has 2 aliphatic rings. The molecule has 1 aromatic heterocycles. The number of nitrogens with two attached hydrogens (primary N) is 1. The molecule has 3 rings (SSSR count). The Labute approximate surface area is 155 Å². The molecule has 0 aliphatic carbocycles. The van der Waals surface area contributed by atoms with Crippen LogP contribution in [0.25, 0.3) is 0 Å².